The van der Waals surface area contributed by atoms with Gasteiger partial charge in [0, 0.05) is 11.1 Å². The van der Waals surface area contributed by atoms with Crippen LogP contribution in [0.3, 0.4) is 0 Å². The lowest BCUT2D eigenvalue weighted by molar-refractivity contribution is -0.158. The van der Waals surface area contributed by atoms with Crippen LogP contribution in [0.15, 0.2) is 42.5 Å². The number of fused-ring (bicyclic) bond motifs is 1. The normalized spacial score (nSPS) is 14.1. The average molecular weight is 531 g/mol. The molecule has 0 radical (unpaired) electrons. The van der Waals surface area contributed by atoms with Crippen molar-refractivity contribution < 1.29 is 32.2 Å². The number of hydrogen-bond acceptors (Lipinski definition) is 6. The van der Waals surface area contributed by atoms with E-state index in [1.807, 2.05) is 13.8 Å². The van der Waals surface area contributed by atoms with Gasteiger partial charge in [-0.2, -0.15) is 5.10 Å². The smallest absolute Gasteiger partial charge is 0.323 e. The fourth-order valence-electron chi connectivity index (χ4n) is 4.33. The number of esters is 1. The van der Waals surface area contributed by atoms with E-state index in [0.29, 0.717) is 45.9 Å². The van der Waals surface area contributed by atoms with Crippen LogP contribution in [0.25, 0.3) is 22.4 Å². The Morgan fingerprint density at radius 3 is 2.58 bits per heavy atom. The zero-order valence-electron chi connectivity index (χ0n) is 21.3. The molecular formula is C27H29F3N4O4. The molecule has 0 saturated heterocycles. The summed E-state index contributed by atoms with van der Waals surface area (Å²) >= 11 is 0. The Bertz CT molecular complexity index is 1340. The van der Waals surface area contributed by atoms with Crippen LogP contribution in [0.1, 0.15) is 26.0 Å². The SMILES string of the molecule is Cc1nn(CC(F)(F)COC(=O)[C@@H](N)CC(C)C)c(-c2ccc(F)cc2)c1-c1ccc2c(c1)NC(=O)CO2. The lowest BCUT2D eigenvalue weighted by Crippen LogP contribution is -2.38. The number of carbonyl (C=O) groups excluding carboxylic acids is 2. The third-order valence-corrected chi connectivity index (χ3v) is 5.98. The number of alkyl halides is 2. The van der Waals surface area contributed by atoms with Crippen LogP contribution in [0.2, 0.25) is 0 Å². The maximum absolute atomic E-state index is 15.1. The van der Waals surface area contributed by atoms with Gasteiger partial charge < -0.3 is 20.5 Å². The van der Waals surface area contributed by atoms with Crippen molar-refractivity contribution in [2.45, 2.75) is 45.7 Å². The molecule has 0 saturated carbocycles. The van der Waals surface area contributed by atoms with E-state index in [4.69, 9.17) is 15.2 Å². The van der Waals surface area contributed by atoms with E-state index < -0.39 is 36.9 Å². The number of benzene rings is 2. The summed E-state index contributed by atoms with van der Waals surface area (Å²) in [6.45, 7) is 3.21. The molecule has 0 unspecified atom stereocenters. The Labute approximate surface area is 217 Å². The minimum Gasteiger partial charge on any atom is -0.482 e. The van der Waals surface area contributed by atoms with E-state index in [-0.39, 0.29) is 18.4 Å². The molecule has 0 bridgehead atoms. The summed E-state index contributed by atoms with van der Waals surface area (Å²) in [5.74, 6) is -4.59. The monoisotopic (exact) mass is 530 g/mol. The van der Waals surface area contributed by atoms with Crippen molar-refractivity contribution in [3.8, 4) is 28.1 Å². The zero-order valence-corrected chi connectivity index (χ0v) is 21.3. The number of amides is 1. The maximum atomic E-state index is 15.1. The van der Waals surface area contributed by atoms with Gasteiger partial charge in [-0.05, 0) is 61.2 Å². The highest BCUT2D eigenvalue weighted by Crippen LogP contribution is 2.40. The number of halogens is 3. The van der Waals surface area contributed by atoms with Gasteiger partial charge in [0.2, 0.25) is 0 Å². The Balaban J connectivity index is 1.68. The maximum Gasteiger partial charge on any atom is 0.323 e. The summed E-state index contributed by atoms with van der Waals surface area (Å²) in [6.07, 6.45) is 0.313. The summed E-state index contributed by atoms with van der Waals surface area (Å²) in [6, 6.07) is 9.47. The lowest BCUT2D eigenvalue weighted by atomic mass is 9.98. The van der Waals surface area contributed by atoms with E-state index in [9.17, 15) is 14.0 Å². The Kier molecular flexibility index (Phi) is 7.77. The summed E-state index contributed by atoms with van der Waals surface area (Å²) in [7, 11) is 0. The Hall–Kier alpha value is -3.86. The number of nitrogens with zero attached hydrogens (tertiary/aromatic N) is 2. The molecule has 11 heteroatoms. The van der Waals surface area contributed by atoms with E-state index >= 15 is 8.78 Å². The Morgan fingerprint density at radius 2 is 1.89 bits per heavy atom. The van der Waals surface area contributed by atoms with Gasteiger partial charge in [-0.3, -0.25) is 14.3 Å². The molecule has 3 N–H and O–H groups in total. The molecule has 1 atom stereocenters. The molecule has 202 valence electrons. The van der Waals surface area contributed by atoms with E-state index in [0.717, 1.165) is 4.68 Å². The summed E-state index contributed by atoms with van der Waals surface area (Å²) in [4.78, 5) is 23.9. The first-order valence-electron chi connectivity index (χ1n) is 12.1. The molecule has 1 aliphatic heterocycles. The Morgan fingerprint density at radius 1 is 1.21 bits per heavy atom. The summed E-state index contributed by atoms with van der Waals surface area (Å²) in [5, 5.41) is 7.09. The first-order valence-corrected chi connectivity index (χ1v) is 12.1. The van der Waals surface area contributed by atoms with Crippen molar-refractivity contribution in [2.24, 2.45) is 11.7 Å². The molecule has 0 aliphatic carbocycles. The second-order valence-corrected chi connectivity index (χ2v) is 9.72. The van der Waals surface area contributed by atoms with Crippen molar-refractivity contribution >= 4 is 17.6 Å². The fraction of sp³-hybridized carbons (Fsp3) is 0.370. The van der Waals surface area contributed by atoms with Crippen molar-refractivity contribution in [2.75, 3.05) is 18.5 Å². The minimum absolute atomic E-state index is 0.102. The highest BCUT2D eigenvalue weighted by molar-refractivity contribution is 5.97. The quantitative estimate of drug-likeness (QED) is 0.393. The van der Waals surface area contributed by atoms with Crippen molar-refractivity contribution in [1.29, 1.82) is 0 Å². The van der Waals surface area contributed by atoms with Gasteiger partial charge in [0.1, 0.15) is 24.2 Å². The van der Waals surface area contributed by atoms with Crippen molar-refractivity contribution in [3.63, 3.8) is 0 Å². The number of carbonyl (C=O) groups is 2. The summed E-state index contributed by atoms with van der Waals surface area (Å²) in [5.41, 5.74) is 8.49. The van der Waals surface area contributed by atoms with Crippen LogP contribution in [0, 0.1) is 18.7 Å². The topological polar surface area (TPSA) is 108 Å². The highest BCUT2D eigenvalue weighted by atomic mass is 19.3. The average Bonchev–Trinajstić information content (AvgIpc) is 3.16. The van der Waals surface area contributed by atoms with Crippen LogP contribution in [0.4, 0.5) is 18.9 Å². The molecule has 8 nitrogen and oxygen atoms in total. The van der Waals surface area contributed by atoms with Gasteiger partial charge in [0.25, 0.3) is 5.91 Å². The number of nitrogens with one attached hydrogen (secondary N) is 1. The number of rotatable bonds is 9. The lowest BCUT2D eigenvalue weighted by Gasteiger charge is -2.21. The molecule has 2 aromatic carbocycles. The van der Waals surface area contributed by atoms with Crippen molar-refractivity contribution in [3.05, 3.63) is 54.0 Å². The van der Waals surface area contributed by atoms with Gasteiger partial charge in [-0.25, -0.2) is 13.2 Å². The largest absolute Gasteiger partial charge is 0.482 e. The van der Waals surface area contributed by atoms with Crippen LogP contribution >= 0.6 is 0 Å². The third-order valence-electron chi connectivity index (χ3n) is 5.98. The first kappa shape index (κ1) is 27.2. The number of anilines is 1. The number of hydrogen-bond donors (Lipinski definition) is 2. The zero-order chi connectivity index (χ0) is 27.6. The van der Waals surface area contributed by atoms with E-state index in [1.165, 1.54) is 24.3 Å². The number of nitrogens with two attached hydrogens (primary N) is 1. The second-order valence-electron chi connectivity index (χ2n) is 9.72. The summed E-state index contributed by atoms with van der Waals surface area (Å²) < 4.78 is 55.2. The van der Waals surface area contributed by atoms with Crippen LogP contribution in [-0.4, -0.2) is 46.8 Å². The molecular weight excluding hydrogens is 501 g/mol. The molecule has 0 fully saturated rings. The van der Waals surface area contributed by atoms with Gasteiger partial charge in [-0.1, -0.05) is 19.9 Å². The molecule has 4 rings (SSSR count). The van der Waals surface area contributed by atoms with Crippen LogP contribution in [-0.2, 0) is 20.9 Å². The molecule has 1 aromatic heterocycles. The molecule has 1 aliphatic rings. The number of aromatic nitrogens is 2. The molecule has 3 aromatic rings. The second kappa shape index (κ2) is 10.9. The van der Waals surface area contributed by atoms with Crippen molar-refractivity contribution in [1.82, 2.24) is 9.78 Å². The first-order chi connectivity index (χ1) is 17.9. The number of ether oxygens (including phenoxy) is 2. The van der Waals surface area contributed by atoms with E-state index in [1.54, 1.807) is 25.1 Å². The van der Waals surface area contributed by atoms with Gasteiger partial charge in [0.05, 0.1) is 17.1 Å². The van der Waals surface area contributed by atoms with Gasteiger partial charge in [-0.15, -0.1) is 0 Å². The van der Waals surface area contributed by atoms with Crippen LogP contribution < -0.4 is 15.8 Å². The van der Waals surface area contributed by atoms with Crippen LogP contribution in [0.5, 0.6) is 5.75 Å². The predicted octanol–water partition coefficient (Wildman–Crippen LogP) is 4.55. The van der Waals surface area contributed by atoms with Gasteiger partial charge in [0.15, 0.2) is 13.2 Å². The highest BCUT2D eigenvalue weighted by Gasteiger charge is 2.35. The third kappa shape index (κ3) is 6.16. The van der Waals surface area contributed by atoms with Gasteiger partial charge >= 0.3 is 11.9 Å². The standard InChI is InChI=1S/C27H29F3N4O4/c1-15(2)10-20(31)26(36)38-14-27(29,30)13-34-25(17-4-7-19(28)8-5-17)24(16(3)33-34)18-6-9-22-21(11-18)32-23(35)12-37-22/h4-9,11,15,20H,10,12-14,31H2,1-3H3,(H,32,35)/t20-/m0/s1. The fourth-order valence-corrected chi connectivity index (χ4v) is 4.33. The molecule has 1 amide bonds. The molecule has 2 heterocycles. The predicted molar refractivity (Wildman–Crippen MR) is 135 cm³/mol. The minimum atomic E-state index is -3.48. The molecule has 0 spiro atoms. The molecule has 38 heavy (non-hydrogen) atoms. The number of aryl methyl sites for hydroxylation is 1. The van der Waals surface area contributed by atoms with E-state index in [2.05, 4.69) is 10.4 Å².